The number of carbonyl (C=O) groups is 2. The molecule has 2 aliphatic rings. The molecule has 8 nitrogen and oxygen atoms in total. The molecule has 2 aromatic rings. The average molecular weight is 410 g/mol. The number of hydrogen-bond donors (Lipinski definition) is 2. The number of amides is 2. The first-order valence-corrected chi connectivity index (χ1v) is 9.86. The molecule has 3 heterocycles. The standard InChI is InChI=1S/C21H23FN6O2/c1-23-21(26-14-8-11-27(13-14)18-17(22)7-4-9-24-18)25-10-12-28-19(29)15-5-2-3-6-16(15)20(28)30/h2-7,9,14H,8,10-13H2,1H3,(H2,23,25,26). The molecule has 1 aromatic carbocycles. The fraction of sp³-hybridized carbons (Fsp3) is 0.333. The Hall–Kier alpha value is -3.49. The van der Waals surface area contributed by atoms with E-state index < -0.39 is 0 Å². The van der Waals surface area contributed by atoms with Crippen molar-refractivity contribution in [1.82, 2.24) is 20.5 Å². The SMILES string of the molecule is CN=C(NCCN1C(=O)c2ccccc2C1=O)NC1CCN(c2ncccc2F)C1. The lowest BCUT2D eigenvalue weighted by Gasteiger charge is -2.20. The first-order valence-electron chi connectivity index (χ1n) is 9.86. The van der Waals surface area contributed by atoms with Crippen LogP contribution >= 0.6 is 0 Å². The van der Waals surface area contributed by atoms with Crippen molar-refractivity contribution in [3.63, 3.8) is 0 Å². The van der Waals surface area contributed by atoms with E-state index in [1.165, 1.54) is 11.0 Å². The van der Waals surface area contributed by atoms with Gasteiger partial charge < -0.3 is 15.5 Å². The van der Waals surface area contributed by atoms with E-state index in [2.05, 4.69) is 20.6 Å². The van der Waals surface area contributed by atoms with Crippen molar-refractivity contribution in [3.05, 3.63) is 59.5 Å². The zero-order valence-electron chi connectivity index (χ0n) is 16.6. The van der Waals surface area contributed by atoms with Gasteiger partial charge in [-0.25, -0.2) is 9.37 Å². The van der Waals surface area contributed by atoms with Gasteiger partial charge >= 0.3 is 0 Å². The number of imide groups is 1. The summed E-state index contributed by atoms with van der Waals surface area (Å²) in [6.45, 7) is 1.91. The largest absolute Gasteiger partial charge is 0.355 e. The smallest absolute Gasteiger partial charge is 0.261 e. The third-order valence-electron chi connectivity index (χ3n) is 5.30. The number of rotatable bonds is 5. The van der Waals surface area contributed by atoms with Crippen LogP contribution in [0.1, 0.15) is 27.1 Å². The van der Waals surface area contributed by atoms with Crippen LogP contribution in [-0.2, 0) is 0 Å². The summed E-state index contributed by atoms with van der Waals surface area (Å²) in [5, 5.41) is 6.45. The van der Waals surface area contributed by atoms with Crippen molar-refractivity contribution in [3.8, 4) is 0 Å². The van der Waals surface area contributed by atoms with Gasteiger partial charge in [0.15, 0.2) is 17.6 Å². The average Bonchev–Trinajstić information content (AvgIpc) is 3.32. The molecule has 2 amide bonds. The molecular formula is C21H23FN6O2. The number of halogens is 1. The first kappa shape index (κ1) is 19.8. The van der Waals surface area contributed by atoms with Crippen LogP contribution < -0.4 is 15.5 Å². The van der Waals surface area contributed by atoms with Gasteiger partial charge in [0.2, 0.25) is 0 Å². The summed E-state index contributed by atoms with van der Waals surface area (Å²) in [7, 11) is 1.66. The number of anilines is 1. The van der Waals surface area contributed by atoms with E-state index in [9.17, 15) is 14.0 Å². The van der Waals surface area contributed by atoms with Crippen LogP contribution in [0.15, 0.2) is 47.6 Å². The molecular weight excluding hydrogens is 387 g/mol. The van der Waals surface area contributed by atoms with Gasteiger partial charge in [-0.2, -0.15) is 0 Å². The van der Waals surface area contributed by atoms with Crippen LogP contribution in [0.3, 0.4) is 0 Å². The summed E-state index contributed by atoms with van der Waals surface area (Å²) in [4.78, 5) is 36.3. The zero-order chi connectivity index (χ0) is 21.1. The molecule has 2 N–H and O–H groups in total. The number of pyridine rings is 1. The van der Waals surface area contributed by atoms with Crippen molar-refractivity contribution in [1.29, 1.82) is 0 Å². The van der Waals surface area contributed by atoms with Crippen molar-refractivity contribution in [2.75, 3.05) is 38.1 Å². The highest BCUT2D eigenvalue weighted by atomic mass is 19.1. The summed E-state index contributed by atoms with van der Waals surface area (Å²) >= 11 is 0. The van der Waals surface area contributed by atoms with E-state index in [1.54, 1.807) is 43.6 Å². The van der Waals surface area contributed by atoms with E-state index in [1.807, 2.05) is 4.90 Å². The van der Waals surface area contributed by atoms with Gasteiger partial charge in [0, 0.05) is 45.5 Å². The van der Waals surface area contributed by atoms with E-state index >= 15 is 0 Å². The molecule has 0 radical (unpaired) electrons. The molecule has 1 fully saturated rings. The van der Waals surface area contributed by atoms with Crippen LogP contribution in [0.2, 0.25) is 0 Å². The first-order chi connectivity index (χ1) is 14.6. The maximum absolute atomic E-state index is 14.0. The maximum Gasteiger partial charge on any atom is 0.261 e. The molecule has 0 spiro atoms. The van der Waals surface area contributed by atoms with Gasteiger partial charge in [0.1, 0.15) is 0 Å². The summed E-state index contributed by atoms with van der Waals surface area (Å²) in [6.07, 6.45) is 2.40. The molecule has 0 bridgehead atoms. The Balaban J connectivity index is 1.28. The molecule has 4 rings (SSSR count). The van der Waals surface area contributed by atoms with Gasteiger partial charge in [-0.3, -0.25) is 19.5 Å². The van der Waals surface area contributed by atoms with Crippen LogP contribution in [0.5, 0.6) is 0 Å². The Kier molecular flexibility index (Phi) is 5.60. The van der Waals surface area contributed by atoms with Gasteiger partial charge in [-0.05, 0) is 30.7 Å². The lowest BCUT2D eigenvalue weighted by molar-refractivity contribution is 0.0657. The molecule has 9 heteroatoms. The number of nitrogens with one attached hydrogen (secondary N) is 2. The van der Waals surface area contributed by atoms with Crippen molar-refractivity contribution in [2.24, 2.45) is 4.99 Å². The second-order valence-electron chi connectivity index (χ2n) is 7.19. The quantitative estimate of drug-likeness (QED) is 0.438. The number of hydrogen-bond acceptors (Lipinski definition) is 5. The predicted molar refractivity (Wildman–Crippen MR) is 111 cm³/mol. The Morgan fingerprint density at radius 2 is 1.93 bits per heavy atom. The second-order valence-corrected chi connectivity index (χ2v) is 7.19. The maximum atomic E-state index is 14.0. The Labute approximate surface area is 173 Å². The molecule has 0 aliphatic carbocycles. The lowest BCUT2D eigenvalue weighted by atomic mass is 10.1. The number of guanidine groups is 1. The Bertz CT molecular complexity index is 960. The van der Waals surface area contributed by atoms with Crippen molar-refractivity contribution in [2.45, 2.75) is 12.5 Å². The Morgan fingerprint density at radius 3 is 2.60 bits per heavy atom. The van der Waals surface area contributed by atoms with E-state index in [0.717, 1.165) is 6.42 Å². The lowest BCUT2D eigenvalue weighted by Crippen LogP contribution is -2.47. The molecule has 2 aliphatic heterocycles. The van der Waals surface area contributed by atoms with Gasteiger partial charge in [-0.1, -0.05) is 12.1 Å². The zero-order valence-corrected chi connectivity index (χ0v) is 16.6. The summed E-state index contributed by atoms with van der Waals surface area (Å²) < 4.78 is 14.0. The van der Waals surface area contributed by atoms with E-state index in [0.29, 0.717) is 42.5 Å². The molecule has 1 saturated heterocycles. The highest BCUT2D eigenvalue weighted by Crippen LogP contribution is 2.22. The number of benzene rings is 1. The number of carbonyl (C=O) groups excluding carboxylic acids is 2. The molecule has 0 saturated carbocycles. The summed E-state index contributed by atoms with van der Waals surface area (Å²) in [5.41, 5.74) is 0.885. The fourth-order valence-electron chi connectivity index (χ4n) is 3.80. The number of aliphatic imine (C=N–C) groups is 1. The van der Waals surface area contributed by atoms with Crippen LogP contribution in [0.4, 0.5) is 10.2 Å². The third-order valence-corrected chi connectivity index (χ3v) is 5.30. The van der Waals surface area contributed by atoms with Crippen LogP contribution in [0.25, 0.3) is 0 Å². The summed E-state index contributed by atoms with van der Waals surface area (Å²) in [5.74, 6) is 0.0465. The monoisotopic (exact) mass is 410 g/mol. The molecule has 30 heavy (non-hydrogen) atoms. The highest BCUT2D eigenvalue weighted by Gasteiger charge is 2.34. The van der Waals surface area contributed by atoms with Crippen LogP contribution in [0, 0.1) is 5.82 Å². The van der Waals surface area contributed by atoms with E-state index in [-0.39, 0.29) is 30.2 Å². The van der Waals surface area contributed by atoms with Crippen molar-refractivity contribution >= 4 is 23.6 Å². The fourth-order valence-corrected chi connectivity index (χ4v) is 3.80. The van der Waals surface area contributed by atoms with Crippen molar-refractivity contribution < 1.29 is 14.0 Å². The van der Waals surface area contributed by atoms with Gasteiger partial charge in [0.05, 0.1) is 11.1 Å². The van der Waals surface area contributed by atoms with Crippen LogP contribution in [-0.4, -0.2) is 66.9 Å². The molecule has 1 atom stereocenters. The second kappa shape index (κ2) is 8.48. The van der Waals surface area contributed by atoms with Gasteiger partial charge in [-0.15, -0.1) is 0 Å². The molecule has 156 valence electrons. The minimum atomic E-state index is -0.332. The highest BCUT2D eigenvalue weighted by molar-refractivity contribution is 6.21. The van der Waals surface area contributed by atoms with Gasteiger partial charge in [0.25, 0.3) is 11.8 Å². The third kappa shape index (κ3) is 3.83. The minimum Gasteiger partial charge on any atom is -0.355 e. The molecule has 1 aromatic heterocycles. The number of nitrogens with zero attached hydrogens (tertiary/aromatic N) is 4. The Morgan fingerprint density at radius 1 is 1.20 bits per heavy atom. The van der Waals surface area contributed by atoms with E-state index in [4.69, 9.17) is 0 Å². The molecule has 1 unspecified atom stereocenters. The minimum absolute atomic E-state index is 0.0805. The topological polar surface area (TPSA) is 89.9 Å². The summed E-state index contributed by atoms with van der Waals surface area (Å²) in [6, 6.07) is 9.89. The number of aromatic nitrogens is 1. The predicted octanol–water partition coefficient (Wildman–Crippen LogP) is 1.26. The number of fused-ring (bicyclic) bond motifs is 1. The normalized spacial score (nSPS) is 18.7.